The van der Waals surface area contributed by atoms with Gasteiger partial charge in [-0.15, -0.1) is 0 Å². The predicted molar refractivity (Wildman–Crippen MR) is 77.4 cm³/mol. The SMILES string of the molecule is Cc1ccc(OC(C)(C)C(=O)NCCCS)cc1. The van der Waals surface area contributed by atoms with Crippen molar-refractivity contribution in [2.45, 2.75) is 32.8 Å². The molecular weight excluding hydrogens is 246 g/mol. The molecule has 3 nitrogen and oxygen atoms in total. The summed E-state index contributed by atoms with van der Waals surface area (Å²) in [5.41, 5.74) is 0.296. The van der Waals surface area contributed by atoms with Gasteiger partial charge in [0.15, 0.2) is 5.60 Å². The predicted octanol–water partition coefficient (Wildman–Crippen LogP) is 2.59. The minimum Gasteiger partial charge on any atom is -0.478 e. The van der Waals surface area contributed by atoms with E-state index in [-0.39, 0.29) is 5.91 Å². The Morgan fingerprint density at radius 3 is 2.50 bits per heavy atom. The highest BCUT2D eigenvalue weighted by atomic mass is 32.1. The minimum absolute atomic E-state index is 0.107. The molecule has 0 heterocycles. The van der Waals surface area contributed by atoms with Crippen molar-refractivity contribution in [3.8, 4) is 5.75 Å². The van der Waals surface area contributed by atoms with Gasteiger partial charge in [-0.1, -0.05) is 17.7 Å². The van der Waals surface area contributed by atoms with Gasteiger partial charge < -0.3 is 10.1 Å². The second-order valence-corrected chi connectivity index (χ2v) is 5.21. The monoisotopic (exact) mass is 267 g/mol. The maximum absolute atomic E-state index is 11.9. The van der Waals surface area contributed by atoms with Gasteiger partial charge in [-0.25, -0.2) is 0 Å². The number of ether oxygens (including phenoxy) is 1. The molecule has 1 aromatic rings. The second-order valence-electron chi connectivity index (χ2n) is 4.76. The van der Waals surface area contributed by atoms with Crippen LogP contribution in [0.5, 0.6) is 5.75 Å². The van der Waals surface area contributed by atoms with Crippen LogP contribution in [0.1, 0.15) is 25.8 Å². The van der Waals surface area contributed by atoms with Gasteiger partial charge in [0.2, 0.25) is 0 Å². The fourth-order valence-electron chi connectivity index (χ4n) is 1.44. The molecule has 0 spiro atoms. The standard InChI is InChI=1S/C14H21NO2S/c1-11-5-7-12(8-6-11)17-14(2,3)13(16)15-9-4-10-18/h5-8,18H,4,9-10H2,1-3H3,(H,15,16). The number of aryl methyl sites for hydroxylation is 1. The van der Waals surface area contributed by atoms with Crippen molar-refractivity contribution in [1.29, 1.82) is 0 Å². The lowest BCUT2D eigenvalue weighted by Gasteiger charge is -2.25. The van der Waals surface area contributed by atoms with E-state index in [2.05, 4.69) is 17.9 Å². The van der Waals surface area contributed by atoms with Crippen LogP contribution in [0.3, 0.4) is 0 Å². The number of amides is 1. The molecule has 18 heavy (non-hydrogen) atoms. The third-order valence-corrected chi connectivity index (χ3v) is 2.88. The van der Waals surface area contributed by atoms with E-state index in [0.29, 0.717) is 12.3 Å². The Balaban J connectivity index is 2.57. The van der Waals surface area contributed by atoms with E-state index in [1.54, 1.807) is 13.8 Å². The Hall–Kier alpha value is -1.16. The van der Waals surface area contributed by atoms with Crippen molar-refractivity contribution >= 4 is 18.5 Å². The average molecular weight is 267 g/mol. The van der Waals surface area contributed by atoms with Crippen LogP contribution >= 0.6 is 12.6 Å². The number of carbonyl (C=O) groups is 1. The smallest absolute Gasteiger partial charge is 0.263 e. The summed E-state index contributed by atoms with van der Waals surface area (Å²) in [7, 11) is 0. The van der Waals surface area contributed by atoms with E-state index >= 15 is 0 Å². The molecule has 0 aliphatic rings. The van der Waals surface area contributed by atoms with E-state index in [0.717, 1.165) is 12.2 Å². The Bertz CT molecular complexity index is 387. The van der Waals surface area contributed by atoms with E-state index in [9.17, 15) is 4.79 Å². The highest BCUT2D eigenvalue weighted by Gasteiger charge is 2.29. The van der Waals surface area contributed by atoms with E-state index in [1.807, 2.05) is 31.2 Å². The molecule has 1 aromatic carbocycles. The van der Waals surface area contributed by atoms with Gasteiger partial charge in [0.25, 0.3) is 5.91 Å². The molecule has 0 fully saturated rings. The first kappa shape index (κ1) is 14.9. The van der Waals surface area contributed by atoms with Crippen LogP contribution in [-0.4, -0.2) is 23.8 Å². The third kappa shape index (κ3) is 4.61. The zero-order chi connectivity index (χ0) is 13.6. The number of carbonyl (C=O) groups excluding carboxylic acids is 1. The molecule has 1 N–H and O–H groups in total. The summed E-state index contributed by atoms with van der Waals surface area (Å²) >= 11 is 4.10. The molecule has 0 saturated heterocycles. The normalized spacial score (nSPS) is 11.1. The number of thiol groups is 1. The molecular formula is C14H21NO2S. The van der Waals surface area contributed by atoms with Crippen molar-refractivity contribution in [2.24, 2.45) is 0 Å². The summed E-state index contributed by atoms with van der Waals surface area (Å²) in [4.78, 5) is 11.9. The van der Waals surface area contributed by atoms with Gasteiger partial charge in [0, 0.05) is 6.54 Å². The van der Waals surface area contributed by atoms with Crippen LogP contribution in [0.25, 0.3) is 0 Å². The lowest BCUT2D eigenvalue weighted by atomic mass is 10.1. The van der Waals surface area contributed by atoms with Crippen LogP contribution in [-0.2, 0) is 4.79 Å². The maximum atomic E-state index is 11.9. The van der Waals surface area contributed by atoms with Gasteiger partial charge in [0.05, 0.1) is 0 Å². The van der Waals surface area contributed by atoms with Crippen LogP contribution in [0.4, 0.5) is 0 Å². The summed E-state index contributed by atoms with van der Waals surface area (Å²) in [6.45, 7) is 6.17. The quantitative estimate of drug-likeness (QED) is 0.614. The van der Waals surface area contributed by atoms with Crippen molar-refractivity contribution in [3.05, 3.63) is 29.8 Å². The molecule has 1 rings (SSSR count). The Morgan fingerprint density at radius 1 is 1.33 bits per heavy atom. The number of benzene rings is 1. The van der Waals surface area contributed by atoms with Crippen LogP contribution in [0, 0.1) is 6.92 Å². The zero-order valence-corrected chi connectivity index (χ0v) is 12.1. The topological polar surface area (TPSA) is 38.3 Å². The molecule has 100 valence electrons. The number of nitrogens with one attached hydrogen (secondary N) is 1. The molecule has 0 atom stereocenters. The largest absolute Gasteiger partial charge is 0.478 e. The fourth-order valence-corrected chi connectivity index (χ4v) is 1.60. The third-order valence-electron chi connectivity index (χ3n) is 2.56. The number of hydrogen-bond donors (Lipinski definition) is 2. The molecule has 0 radical (unpaired) electrons. The molecule has 1 amide bonds. The summed E-state index contributed by atoms with van der Waals surface area (Å²) in [6.07, 6.45) is 0.857. The Kier molecular flexibility index (Phi) is 5.54. The molecule has 4 heteroatoms. The first-order valence-corrected chi connectivity index (χ1v) is 6.74. The van der Waals surface area contributed by atoms with Crippen molar-refractivity contribution in [2.75, 3.05) is 12.3 Å². The van der Waals surface area contributed by atoms with Crippen molar-refractivity contribution in [1.82, 2.24) is 5.32 Å². The van der Waals surface area contributed by atoms with Gasteiger partial charge in [-0.05, 0) is 45.1 Å². The fraction of sp³-hybridized carbons (Fsp3) is 0.500. The number of rotatable bonds is 6. The molecule has 0 aliphatic heterocycles. The summed E-state index contributed by atoms with van der Waals surface area (Å²) in [5, 5.41) is 2.84. The summed E-state index contributed by atoms with van der Waals surface area (Å²) in [5.74, 6) is 1.36. The molecule has 0 saturated carbocycles. The summed E-state index contributed by atoms with van der Waals surface area (Å²) < 4.78 is 5.72. The molecule has 0 aromatic heterocycles. The first-order valence-electron chi connectivity index (χ1n) is 6.10. The Morgan fingerprint density at radius 2 is 1.94 bits per heavy atom. The maximum Gasteiger partial charge on any atom is 0.263 e. The van der Waals surface area contributed by atoms with Crippen LogP contribution in [0.15, 0.2) is 24.3 Å². The van der Waals surface area contributed by atoms with Gasteiger partial charge in [0.1, 0.15) is 5.75 Å². The van der Waals surface area contributed by atoms with Gasteiger partial charge in [-0.2, -0.15) is 12.6 Å². The first-order chi connectivity index (χ1) is 8.45. The van der Waals surface area contributed by atoms with Crippen LogP contribution < -0.4 is 10.1 Å². The zero-order valence-electron chi connectivity index (χ0n) is 11.2. The average Bonchev–Trinajstić information content (AvgIpc) is 2.32. The van der Waals surface area contributed by atoms with E-state index < -0.39 is 5.60 Å². The lowest BCUT2D eigenvalue weighted by Crippen LogP contribution is -2.46. The second kappa shape index (κ2) is 6.69. The van der Waals surface area contributed by atoms with Crippen molar-refractivity contribution in [3.63, 3.8) is 0 Å². The highest BCUT2D eigenvalue weighted by Crippen LogP contribution is 2.19. The molecule has 0 unspecified atom stereocenters. The van der Waals surface area contributed by atoms with Gasteiger partial charge >= 0.3 is 0 Å². The molecule has 0 aliphatic carbocycles. The number of hydrogen-bond acceptors (Lipinski definition) is 3. The van der Waals surface area contributed by atoms with Gasteiger partial charge in [-0.3, -0.25) is 4.79 Å². The Labute approximate surface area is 114 Å². The van der Waals surface area contributed by atoms with E-state index in [1.165, 1.54) is 5.56 Å². The minimum atomic E-state index is -0.869. The highest BCUT2D eigenvalue weighted by molar-refractivity contribution is 7.80. The summed E-state index contributed by atoms with van der Waals surface area (Å²) in [6, 6.07) is 7.67. The van der Waals surface area contributed by atoms with Crippen molar-refractivity contribution < 1.29 is 9.53 Å². The molecule has 0 bridgehead atoms. The van der Waals surface area contributed by atoms with E-state index in [4.69, 9.17) is 4.74 Å². The lowest BCUT2D eigenvalue weighted by molar-refractivity contribution is -0.134. The van der Waals surface area contributed by atoms with Crippen LogP contribution in [0.2, 0.25) is 0 Å².